The summed E-state index contributed by atoms with van der Waals surface area (Å²) in [7, 11) is 0. The predicted molar refractivity (Wildman–Crippen MR) is 96.5 cm³/mol. The van der Waals surface area contributed by atoms with Gasteiger partial charge >= 0.3 is 0 Å². The minimum atomic E-state index is 0.367. The predicted octanol–water partition coefficient (Wildman–Crippen LogP) is 2.69. The number of hydrogen-bond donors (Lipinski definition) is 0. The summed E-state index contributed by atoms with van der Waals surface area (Å²) in [5.41, 5.74) is 0. The Labute approximate surface area is 143 Å². The molecule has 0 aromatic carbocycles. The number of nitrogens with zero attached hydrogens (tertiary/aromatic N) is 3. The van der Waals surface area contributed by atoms with Gasteiger partial charge in [0.1, 0.15) is 0 Å². The van der Waals surface area contributed by atoms with Crippen molar-refractivity contribution in [2.45, 2.75) is 59.4 Å². The van der Waals surface area contributed by atoms with Gasteiger partial charge in [-0.2, -0.15) is 0 Å². The molecule has 134 valence electrons. The molecule has 2 saturated heterocycles. The standard InChI is InChI=1S/C19H37N3O/c1-16(2)14-18-7-9-20(15-18)8-5-6-19(23)22-12-10-21(11-13-22)17(3)4/h16-18H,5-15H2,1-4H3/t18-/m0/s1. The van der Waals surface area contributed by atoms with Gasteiger partial charge in [0, 0.05) is 45.2 Å². The second kappa shape index (κ2) is 9.03. The van der Waals surface area contributed by atoms with Crippen LogP contribution in [0.5, 0.6) is 0 Å². The smallest absolute Gasteiger partial charge is 0.222 e. The third-order valence-electron chi connectivity index (χ3n) is 5.44. The number of rotatable bonds is 7. The Kier molecular flexibility index (Phi) is 7.35. The van der Waals surface area contributed by atoms with E-state index in [0.29, 0.717) is 11.9 Å². The van der Waals surface area contributed by atoms with Crippen molar-refractivity contribution in [1.82, 2.24) is 14.7 Å². The normalized spacial score (nSPS) is 24.1. The zero-order valence-corrected chi connectivity index (χ0v) is 15.8. The van der Waals surface area contributed by atoms with E-state index in [4.69, 9.17) is 0 Å². The lowest BCUT2D eigenvalue weighted by Gasteiger charge is -2.37. The Balaban J connectivity index is 1.59. The molecule has 2 aliphatic rings. The van der Waals surface area contributed by atoms with Crippen LogP contribution in [-0.2, 0) is 4.79 Å². The first-order chi connectivity index (χ1) is 11.0. The number of piperazine rings is 1. The highest BCUT2D eigenvalue weighted by atomic mass is 16.2. The van der Waals surface area contributed by atoms with Gasteiger partial charge in [-0.15, -0.1) is 0 Å². The van der Waals surface area contributed by atoms with Crippen molar-refractivity contribution in [3.63, 3.8) is 0 Å². The summed E-state index contributed by atoms with van der Waals surface area (Å²) in [6.45, 7) is 16.6. The molecule has 0 aromatic rings. The summed E-state index contributed by atoms with van der Waals surface area (Å²) in [5, 5.41) is 0. The van der Waals surface area contributed by atoms with E-state index in [1.165, 1.54) is 25.9 Å². The highest BCUT2D eigenvalue weighted by Crippen LogP contribution is 2.23. The van der Waals surface area contributed by atoms with Crippen molar-refractivity contribution in [2.24, 2.45) is 11.8 Å². The van der Waals surface area contributed by atoms with E-state index in [9.17, 15) is 4.79 Å². The second-order valence-corrected chi connectivity index (χ2v) is 8.20. The van der Waals surface area contributed by atoms with Crippen molar-refractivity contribution in [3.8, 4) is 0 Å². The summed E-state index contributed by atoms with van der Waals surface area (Å²) >= 11 is 0. The lowest BCUT2D eigenvalue weighted by Crippen LogP contribution is -2.50. The van der Waals surface area contributed by atoms with Crippen LogP contribution in [0.4, 0.5) is 0 Å². The largest absolute Gasteiger partial charge is 0.340 e. The van der Waals surface area contributed by atoms with Crippen LogP contribution in [-0.4, -0.2) is 72.5 Å². The minimum absolute atomic E-state index is 0.367. The fourth-order valence-corrected chi connectivity index (χ4v) is 4.07. The van der Waals surface area contributed by atoms with Gasteiger partial charge in [0.05, 0.1) is 0 Å². The van der Waals surface area contributed by atoms with Crippen LogP contribution >= 0.6 is 0 Å². The van der Waals surface area contributed by atoms with E-state index in [0.717, 1.165) is 57.4 Å². The number of hydrogen-bond acceptors (Lipinski definition) is 3. The molecule has 2 heterocycles. The van der Waals surface area contributed by atoms with Gasteiger partial charge in [-0.1, -0.05) is 13.8 Å². The molecule has 0 N–H and O–H groups in total. The van der Waals surface area contributed by atoms with E-state index in [2.05, 4.69) is 42.4 Å². The number of likely N-dealkylation sites (tertiary alicyclic amines) is 1. The highest BCUT2D eigenvalue weighted by molar-refractivity contribution is 5.76. The zero-order valence-electron chi connectivity index (χ0n) is 15.8. The van der Waals surface area contributed by atoms with Crippen LogP contribution in [0.3, 0.4) is 0 Å². The Morgan fingerprint density at radius 2 is 1.74 bits per heavy atom. The summed E-state index contributed by atoms with van der Waals surface area (Å²) in [4.78, 5) is 19.4. The molecule has 0 spiro atoms. The SMILES string of the molecule is CC(C)C[C@@H]1CCN(CCCC(=O)N2CCN(C(C)C)CC2)C1. The monoisotopic (exact) mass is 323 g/mol. The summed E-state index contributed by atoms with van der Waals surface area (Å²) in [6.07, 6.45) is 4.46. The molecule has 0 radical (unpaired) electrons. The topological polar surface area (TPSA) is 26.8 Å². The van der Waals surface area contributed by atoms with Crippen molar-refractivity contribution < 1.29 is 4.79 Å². The molecule has 4 heteroatoms. The fourth-order valence-electron chi connectivity index (χ4n) is 4.07. The van der Waals surface area contributed by atoms with Crippen LogP contribution in [0.2, 0.25) is 0 Å². The maximum atomic E-state index is 12.3. The molecule has 4 nitrogen and oxygen atoms in total. The van der Waals surface area contributed by atoms with Crippen LogP contribution in [0, 0.1) is 11.8 Å². The molecular formula is C19H37N3O. The van der Waals surface area contributed by atoms with Crippen molar-refractivity contribution in [2.75, 3.05) is 45.8 Å². The third kappa shape index (κ3) is 6.07. The Bertz CT molecular complexity index is 362. The highest BCUT2D eigenvalue weighted by Gasteiger charge is 2.24. The Morgan fingerprint density at radius 3 is 2.35 bits per heavy atom. The lowest BCUT2D eigenvalue weighted by molar-refractivity contribution is -0.133. The first-order valence-corrected chi connectivity index (χ1v) is 9.70. The van der Waals surface area contributed by atoms with Gasteiger partial charge in [-0.25, -0.2) is 0 Å². The van der Waals surface area contributed by atoms with Gasteiger partial charge in [-0.3, -0.25) is 9.69 Å². The van der Waals surface area contributed by atoms with Gasteiger partial charge in [0.25, 0.3) is 0 Å². The third-order valence-corrected chi connectivity index (χ3v) is 5.44. The van der Waals surface area contributed by atoms with E-state index in [1.54, 1.807) is 0 Å². The van der Waals surface area contributed by atoms with E-state index < -0.39 is 0 Å². The molecule has 0 aliphatic carbocycles. The van der Waals surface area contributed by atoms with Crippen LogP contribution in [0.1, 0.15) is 53.4 Å². The van der Waals surface area contributed by atoms with Gasteiger partial charge in [0.2, 0.25) is 5.91 Å². The average molecular weight is 324 g/mol. The maximum Gasteiger partial charge on any atom is 0.222 e. The number of carbonyl (C=O) groups is 1. The molecule has 1 atom stereocenters. The van der Waals surface area contributed by atoms with Crippen molar-refractivity contribution in [1.29, 1.82) is 0 Å². The molecular weight excluding hydrogens is 286 g/mol. The first kappa shape index (κ1) is 18.7. The van der Waals surface area contributed by atoms with Gasteiger partial charge < -0.3 is 9.80 Å². The number of carbonyl (C=O) groups excluding carboxylic acids is 1. The van der Waals surface area contributed by atoms with Crippen LogP contribution in [0.25, 0.3) is 0 Å². The van der Waals surface area contributed by atoms with Crippen molar-refractivity contribution in [3.05, 3.63) is 0 Å². The minimum Gasteiger partial charge on any atom is -0.340 e. The average Bonchev–Trinajstić information content (AvgIpc) is 2.93. The van der Waals surface area contributed by atoms with E-state index in [1.807, 2.05) is 0 Å². The quantitative estimate of drug-likeness (QED) is 0.721. The summed E-state index contributed by atoms with van der Waals surface area (Å²) in [5.74, 6) is 2.06. The molecule has 2 rings (SSSR count). The molecule has 2 fully saturated rings. The summed E-state index contributed by atoms with van der Waals surface area (Å²) in [6, 6.07) is 0.598. The summed E-state index contributed by atoms with van der Waals surface area (Å²) < 4.78 is 0. The Hall–Kier alpha value is -0.610. The first-order valence-electron chi connectivity index (χ1n) is 9.70. The van der Waals surface area contributed by atoms with Crippen LogP contribution in [0.15, 0.2) is 0 Å². The molecule has 0 bridgehead atoms. The van der Waals surface area contributed by atoms with E-state index >= 15 is 0 Å². The second-order valence-electron chi connectivity index (χ2n) is 8.20. The molecule has 2 aliphatic heterocycles. The molecule has 0 saturated carbocycles. The molecule has 0 aromatic heterocycles. The van der Waals surface area contributed by atoms with Crippen LogP contribution < -0.4 is 0 Å². The van der Waals surface area contributed by atoms with Crippen molar-refractivity contribution >= 4 is 5.91 Å². The van der Waals surface area contributed by atoms with E-state index in [-0.39, 0.29) is 0 Å². The zero-order chi connectivity index (χ0) is 16.8. The fraction of sp³-hybridized carbons (Fsp3) is 0.947. The van der Waals surface area contributed by atoms with Gasteiger partial charge in [0.15, 0.2) is 0 Å². The van der Waals surface area contributed by atoms with Gasteiger partial charge in [-0.05, 0) is 58.0 Å². The molecule has 1 amide bonds. The lowest BCUT2D eigenvalue weighted by atomic mass is 9.97. The molecule has 23 heavy (non-hydrogen) atoms. The Morgan fingerprint density at radius 1 is 1.04 bits per heavy atom. The number of amides is 1. The molecule has 0 unspecified atom stereocenters. The maximum absolute atomic E-state index is 12.3.